The number of halogens is 2. The van der Waals surface area contributed by atoms with E-state index in [0.717, 1.165) is 23.4 Å². The van der Waals surface area contributed by atoms with E-state index in [9.17, 15) is 0 Å². The van der Waals surface area contributed by atoms with E-state index in [4.69, 9.17) is 11.6 Å². The Morgan fingerprint density at radius 3 is 2.35 bits per heavy atom. The van der Waals surface area contributed by atoms with Crippen molar-refractivity contribution in [2.75, 3.05) is 18.9 Å². The molecular formula is C17H19BrClN. The maximum atomic E-state index is 6.22. The van der Waals surface area contributed by atoms with Crippen LogP contribution < -0.4 is 0 Å². The smallest absolute Gasteiger partial charge is 0.0451 e. The Morgan fingerprint density at radius 2 is 1.70 bits per heavy atom. The molecule has 0 aromatic heterocycles. The van der Waals surface area contributed by atoms with Crippen molar-refractivity contribution in [1.29, 1.82) is 0 Å². The number of rotatable bonds is 6. The van der Waals surface area contributed by atoms with E-state index >= 15 is 0 Å². The van der Waals surface area contributed by atoms with Gasteiger partial charge in [0, 0.05) is 29.4 Å². The highest BCUT2D eigenvalue weighted by Crippen LogP contribution is 2.21. The second-order valence-corrected chi connectivity index (χ2v) is 6.10. The van der Waals surface area contributed by atoms with E-state index < -0.39 is 0 Å². The lowest BCUT2D eigenvalue weighted by Crippen LogP contribution is -2.25. The van der Waals surface area contributed by atoms with Gasteiger partial charge in [0.25, 0.3) is 0 Å². The third kappa shape index (κ3) is 4.34. The van der Waals surface area contributed by atoms with Gasteiger partial charge < -0.3 is 4.90 Å². The molecule has 0 aliphatic rings. The number of benzene rings is 2. The number of nitrogens with zero attached hydrogens (tertiary/aromatic N) is 1. The van der Waals surface area contributed by atoms with Gasteiger partial charge in [-0.15, -0.1) is 0 Å². The first kappa shape index (κ1) is 15.6. The summed E-state index contributed by atoms with van der Waals surface area (Å²) in [7, 11) is 2.14. The van der Waals surface area contributed by atoms with Crippen LogP contribution in [0.15, 0.2) is 54.6 Å². The molecule has 3 heteroatoms. The monoisotopic (exact) mass is 351 g/mol. The van der Waals surface area contributed by atoms with Gasteiger partial charge >= 0.3 is 0 Å². The SMILES string of the molecule is CN(Cc1ccccc1Cl)CC(CBr)c1ccccc1. The van der Waals surface area contributed by atoms with Crippen LogP contribution in [0.4, 0.5) is 0 Å². The summed E-state index contributed by atoms with van der Waals surface area (Å²) in [5, 5.41) is 1.80. The minimum absolute atomic E-state index is 0.490. The highest BCUT2D eigenvalue weighted by atomic mass is 79.9. The second-order valence-electron chi connectivity index (χ2n) is 5.05. The number of hydrogen-bond donors (Lipinski definition) is 0. The number of hydrogen-bond acceptors (Lipinski definition) is 1. The van der Waals surface area contributed by atoms with Crippen LogP contribution in [0.2, 0.25) is 5.02 Å². The highest BCUT2D eigenvalue weighted by Gasteiger charge is 2.13. The summed E-state index contributed by atoms with van der Waals surface area (Å²) >= 11 is 9.85. The van der Waals surface area contributed by atoms with Gasteiger partial charge in [0.1, 0.15) is 0 Å². The van der Waals surface area contributed by atoms with Crippen molar-refractivity contribution in [3.63, 3.8) is 0 Å². The van der Waals surface area contributed by atoms with E-state index in [0.29, 0.717) is 5.92 Å². The zero-order valence-corrected chi connectivity index (χ0v) is 13.9. The molecule has 0 bridgehead atoms. The normalized spacial score (nSPS) is 12.6. The van der Waals surface area contributed by atoms with Gasteiger partial charge in [-0.25, -0.2) is 0 Å². The van der Waals surface area contributed by atoms with Crippen molar-refractivity contribution in [2.24, 2.45) is 0 Å². The summed E-state index contributed by atoms with van der Waals surface area (Å²) in [5.74, 6) is 0.490. The van der Waals surface area contributed by atoms with Crippen molar-refractivity contribution in [3.05, 3.63) is 70.7 Å². The van der Waals surface area contributed by atoms with Crippen LogP contribution in [0.5, 0.6) is 0 Å². The van der Waals surface area contributed by atoms with Gasteiger partial charge in [-0.3, -0.25) is 0 Å². The first-order valence-corrected chi connectivity index (χ1v) is 8.23. The Balaban J connectivity index is 2.00. The second kappa shape index (κ2) is 7.82. The fraction of sp³-hybridized carbons (Fsp3) is 0.294. The molecule has 20 heavy (non-hydrogen) atoms. The van der Waals surface area contributed by atoms with Gasteiger partial charge in [0.05, 0.1) is 0 Å². The molecule has 2 aromatic rings. The lowest BCUT2D eigenvalue weighted by atomic mass is 10.0. The topological polar surface area (TPSA) is 3.24 Å². The summed E-state index contributed by atoms with van der Waals surface area (Å²) in [6.45, 7) is 1.87. The Hall–Kier alpha value is -0.830. The van der Waals surface area contributed by atoms with Gasteiger partial charge in [-0.2, -0.15) is 0 Å². The summed E-state index contributed by atoms with van der Waals surface area (Å²) < 4.78 is 0. The molecule has 0 amide bonds. The molecule has 2 aromatic carbocycles. The zero-order chi connectivity index (χ0) is 14.4. The molecule has 0 N–H and O–H groups in total. The number of likely N-dealkylation sites (N-methyl/N-ethyl adjacent to an activating group) is 1. The predicted octanol–water partition coefficient (Wildman–Crippen LogP) is 4.95. The molecule has 0 spiro atoms. The predicted molar refractivity (Wildman–Crippen MR) is 90.8 cm³/mol. The molecule has 1 unspecified atom stereocenters. The van der Waals surface area contributed by atoms with Crippen molar-refractivity contribution >= 4 is 27.5 Å². The van der Waals surface area contributed by atoms with E-state index in [1.54, 1.807) is 0 Å². The number of alkyl halides is 1. The maximum absolute atomic E-state index is 6.22. The van der Waals surface area contributed by atoms with Crippen LogP contribution >= 0.6 is 27.5 Å². The van der Waals surface area contributed by atoms with Gasteiger partial charge in [0.15, 0.2) is 0 Å². The van der Waals surface area contributed by atoms with Crippen molar-refractivity contribution in [2.45, 2.75) is 12.5 Å². The summed E-state index contributed by atoms with van der Waals surface area (Å²) in [6.07, 6.45) is 0. The highest BCUT2D eigenvalue weighted by molar-refractivity contribution is 9.09. The van der Waals surface area contributed by atoms with Crippen molar-refractivity contribution in [1.82, 2.24) is 4.90 Å². The lowest BCUT2D eigenvalue weighted by molar-refractivity contribution is 0.311. The molecule has 106 valence electrons. The third-order valence-electron chi connectivity index (χ3n) is 3.39. The first-order valence-electron chi connectivity index (χ1n) is 6.73. The fourth-order valence-corrected chi connectivity index (χ4v) is 3.10. The Kier molecular flexibility index (Phi) is 6.08. The minimum atomic E-state index is 0.490. The molecular weight excluding hydrogens is 334 g/mol. The average molecular weight is 353 g/mol. The van der Waals surface area contributed by atoms with Crippen LogP contribution in [-0.4, -0.2) is 23.8 Å². The van der Waals surface area contributed by atoms with Gasteiger partial charge in [0.2, 0.25) is 0 Å². The van der Waals surface area contributed by atoms with E-state index in [1.165, 1.54) is 11.1 Å². The zero-order valence-electron chi connectivity index (χ0n) is 11.6. The minimum Gasteiger partial charge on any atom is -0.301 e. The molecule has 0 saturated carbocycles. The summed E-state index contributed by atoms with van der Waals surface area (Å²) in [4.78, 5) is 2.32. The quantitative estimate of drug-likeness (QED) is 0.665. The van der Waals surface area contributed by atoms with Crippen molar-refractivity contribution < 1.29 is 0 Å². The largest absolute Gasteiger partial charge is 0.301 e. The Morgan fingerprint density at radius 1 is 1.05 bits per heavy atom. The maximum Gasteiger partial charge on any atom is 0.0451 e. The van der Waals surface area contributed by atoms with Crippen molar-refractivity contribution in [3.8, 4) is 0 Å². The molecule has 2 rings (SSSR count). The van der Waals surface area contributed by atoms with Crippen LogP contribution in [0.25, 0.3) is 0 Å². The van der Waals surface area contributed by atoms with Crippen LogP contribution in [-0.2, 0) is 6.54 Å². The molecule has 0 aliphatic carbocycles. The summed E-state index contributed by atoms with van der Waals surface area (Å²) in [6, 6.07) is 18.7. The summed E-state index contributed by atoms with van der Waals surface area (Å²) in [5.41, 5.74) is 2.55. The van der Waals surface area contributed by atoms with Gasteiger partial charge in [-0.1, -0.05) is 76.1 Å². The molecule has 0 heterocycles. The molecule has 0 radical (unpaired) electrons. The van der Waals surface area contributed by atoms with E-state index in [-0.39, 0.29) is 0 Å². The fourth-order valence-electron chi connectivity index (χ4n) is 2.33. The van der Waals surface area contributed by atoms with Crippen LogP contribution in [0.3, 0.4) is 0 Å². The lowest BCUT2D eigenvalue weighted by Gasteiger charge is -2.23. The van der Waals surface area contributed by atoms with E-state index in [2.05, 4.69) is 64.3 Å². The van der Waals surface area contributed by atoms with E-state index in [1.807, 2.05) is 18.2 Å². The Bertz CT molecular complexity index is 530. The average Bonchev–Trinajstić information content (AvgIpc) is 2.48. The molecule has 0 aliphatic heterocycles. The molecule has 1 atom stereocenters. The molecule has 1 nitrogen and oxygen atoms in total. The standard InChI is InChI=1S/C17H19BrClN/c1-20(12-15-9-5-6-10-17(15)19)13-16(11-18)14-7-3-2-4-8-14/h2-10,16H,11-13H2,1H3. The molecule has 0 saturated heterocycles. The molecule has 0 fully saturated rings. The van der Waals surface area contributed by atoms with Gasteiger partial charge in [-0.05, 0) is 24.2 Å². The van der Waals surface area contributed by atoms with Crippen LogP contribution in [0.1, 0.15) is 17.0 Å². The van der Waals surface area contributed by atoms with Crippen LogP contribution in [0, 0.1) is 0 Å². The Labute approximate surface area is 134 Å². The first-order chi connectivity index (χ1) is 9.70. The third-order valence-corrected chi connectivity index (χ3v) is 4.54.